The van der Waals surface area contributed by atoms with Gasteiger partial charge in [-0.15, -0.1) is 29.6 Å². The fourth-order valence-corrected chi connectivity index (χ4v) is 5.70. The maximum absolute atomic E-state index is 15.4. The Kier molecular flexibility index (Phi) is 9.83. The number of halogens is 9. The predicted molar refractivity (Wildman–Crippen MR) is 157 cm³/mol. The van der Waals surface area contributed by atoms with Crippen molar-refractivity contribution in [3.63, 3.8) is 0 Å². The van der Waals surface area contributed by atoms with Crippen molar-refractivity contribution in [3.8, 4) is 18.4 Å². The van der Waals surface area contributed by atoms with Crippen molar-refractivity contribution in [1.82, 2.24) is 0 Å². The van der Waals surface area contributed by atoms with Gasteiger partial charge in [0.2, 0.25) is 11.8 Å². The van der Waals surface area contributed by atoms with E-state index >= 15 is 4.39 Å². The predicted octanol–water partition coefficient (Wildman–Crippen LogP) is 7.79. The molecule has 45 heavy (non-hydrogen) atoms. The number of nitrogens with one attached hydrogen (secondary N) is 2. The van der Waals surface area contributed by atoms with Crippen LogP contribution in [0.3, 0.4) is 0 Å². The average molecular weight is 688 g/mol. The molecule has 2 amide bonds. The Morgan fingerprint density at radius 2 is 1.73 bits per heavy atom. The van der Waals surface area contributed by atoms with E-state index in [0.29, 0.717) is 22.6 Å². The van der Waals surface area contributed by atoms with Crippen molar-refractivity contribution >= 4 is 63.7 Å². The van der Waals surface area contributed by atoms with Crippen LogP contribution in [-0.2, 0) is 22.3 Å². The summed E-state index contributed by atoms with van der Waals surface area (Å²) in [7, 11) is 0. The molecule has 15 heteroatoms. The smallest absolute Gasteiger partial charge is 0.378 e. The molecule has 3 aromatic carbocycles. The van der Waals surface area contributed by atoms with Gasteiger partial charge in [-0.1, -0.05) is 23.6 Å². The number of terminal acetylenes is 1. The van der Waals surface area contributed by atoms with Crippen LogP contribution in [-0.4, -0.2) is 22.7 Å². The first-order chi connectivity index (χ1) is 21.1. The van der Waals surface area contributed by atoms with E-state index in [4.69, 9.17) is 46.5 Å². The number of hydrogen-bond donors (Lipinski definition) is 2. The second-order valence-corrected chi connectivity index (χ2v) is 11.6. The van der Waals surface area contributed by atoms with Gasteiger partial charge in [0.05, 0.1) is 29.8 Å². The van der Waals surface area contributed by atoms with Crippen molar-refractivity contribution in [2.45, 2.75) is 29.4 Å². The average Bonchev–Trinajstić information content (AvgIpc) is 3.55. The zero-order valence-corrected chi connectivity index (χ0v) is 24.9. The topological polar surface area (TPSA) is 85.2 Å². The Hall–Kier alpha value is -4.10. The molecule has 0 bridgehead atoms. The zero-order chi connectivity index (χ0) is 33.3. The van der Waals surface area contributed by atoms with E-state index in [1.165, 1.54) is 18.2 Å². The number of amides is 2. The molecule has 0 saturated heterocycles. The van der Waals surface area contributed by atoms with E-state index in [2.05, 4.69) is 16.6 Å². The number of benzene rings is 3. The Balaban J connectivity index is 1.51. The van der Waals surface area contributed by atoms with Crippen molar-refractivity contribution < 1.29 is 35.9 Å². The number of alkyl halides is 5. The first-order valence-electron chi connectivity index (χ1n) is 12.8. The summed E-state index contributed by atoms with van der Waals surface area (Å²) in [4.78, 5) is 26.0. The summed E-state index contributed by atoms with van der Waals surface area (Å²) in [5.41, 5.74) is -2.09. The number of nitrogens with zero attached hydrogens (tertiary/aromatic N) is 2. The molecule has 0 spiro atoms. The van der Waals surface area contributed by atoms with Gasteiger partial charge in [0, 0.05) is 23.2 Å². The second kappa shape index (κ2) is 13.1. The highest BCUT2D eigenvalue weighted by Gasteiger charge is 2.67. The molecule has 6 nitrogen and oxygen atoms in total. The van der Waals surface area contributed by atoms with Crippen molar-refractivity contribution in [1.29, 1.82) is 5.26 Å². The van der Waals surface area contributed by atoms with Gasteiger partial charge in [0.15, 0.2) is 5.82 Å². The fourth-order valence-electron chi connectivity index (χ4n) is 4.69. The molecule has 0 aliphatic heterocycles. The first kappa shape index (κ1) is 33.8. The molecule has 2 atom stereocenters. The summed E-state index contributed by atoms with van der Waals surface area (Å²) in [5, 5.41) is 14.3. The summed E-state index contributed by atoms with van der Waals surface area (Å²) in [5.74, 6) is -5.53. The van der Waals surface area contributed by atoms with E-state index in [1.54, 1.807) is 6.07 Å². The van der Waals surface area contributed by atoms with Crippen LogP contribution < -0.4 is 15.5 Å². The van der Waals surface area contributed by atoms with E-state index in [0.717, 1.165) is 18.2 Å². The van der Waals surface area contributed by atoms with Crippen LogP contribution in [0, 0.1) is 47.0 Å². The maximum atomic E-state index is 15.4. The van der Waals surface area contributed by atoms with Crippen LogP contribution >= 0.6 is 34.8 Å². The summed E-state index contributed by atoms with van der Waals surface area (Å²) in [6.45, 7) is -0.660. The lowest BCUT2D eigenvalue weighted by Crippen LogP contribution is -2.32. The highest BCUT2D eigenvalue weighted by molar-refractivity contribution is 6.53. The second-order valence-electron chi connectivity index (χ2n) is 9.79. The van der Waals surface area contributed by atoms with Gasteiger partial charge in [-0.05, 0) is 53.6 Å². The lowest BCUT2D eigenvalue weighted by molar-refractivity contribution is -0.140. The molecule has 1 aliphatic rings. The molecule has 0 heterocycles. The van der Waals surface area contributed by atoms with Crippen molar-refractivity contribution in [3.05, 3.63) is 87.7 Å². The molecule has 234 valence electrons. The lowest BCUT2D eigenvalue weighted by Gasteiger charge is -2.22. The highest BCUT2D eigenvalue weighted by Crippen LogP contribution is 2.65. The van der Waals surface area contributed by atoms with Gasteiger partial charge in [-0.3, -0.25) is 14.5 Å². The minimum absolute atomic E-state index is 0.0781. The van der Waals surface area contributed by atoms with Gasteiger partial charge in [-0.2, -0.15) is 18.4 Å². The molecule has 1 saturated carbocycles. The Bertz CT molecular complexity index is 1750. The van der Waals surface area contributed by atoms with E-state index in [9.17, 15) is 31.5 Å². The lowest BCUT2D eigenvalue weighted by atomic mass is 10.0. The van der Waals surface area contributed by atoms with Gasteiger partial charge < -0.3 is 10.6 Å². The third-order valence-corrected chi connectivity index (χ3v) is 8.20. The highest BCUT2D eigenvalue weighted by atomic mass is 35.5. The summed E-state index contributed by atoms with van der Waals surface area (Å²) < 4.78 is 81.6. The Morgan fingerprint density at radius 3 is 2.38 bits per heavy atom. The van der Waals surface area contributed by atoms with Crippen LogP contribution in [0.2, 0.25) is 5.02 Å². The normalized spacial score (nSPS) is 16.7. The number of rotatable bonds is 9. The van der Waals surface area contributed by atoms with Crippen molar-refractivity contribution in [2.24, 2.45) is 5.92 Å². The molecule has 0 aromatic heterocycles. The molecule has 1 aliphatic carbocycles. The molecule has 1 fully saturated rings. The quantitative estimate of drug-likeness (QED) is 0.137. The Morgan fingerprint density at radius 1 is 1.04 bits per heavy atom. The number of carbonyl (C=O) groups excluding carboxylic acids is 2. The zero-order valence-electron chi connectivity index (χ0n) is 22.6. The molecule has 2 N–H and O–H groups in total. The van der Waals surface area contributed by atoms with Crippen molar-refractivity contribution in [2.75, 3.05) is 22.1 Å². The molecule has 0 unspecified atom stereocenters. The van der Waals surface area contributed by atoms with Gasteiger partial charge >= 0.3 is 6.18 Å². The molecule has 3 aromatic rings. The fraction of sp³-hybridized carbons (Fsp3) is 0.233. The van der Waals surface area contributed by atoms with Crippen LogP contribution in [0.15, 0.2) is 48.5 Å². The van der Waals surface area contributed by atoms with Crippen LogP contribution in [0.5, 0.6) is 0 Å². The van der Waals surface area contributed by atoms with Crippen LogP contribution in [0.4, 0.5) is 43.4 Å². The summed E-state index contributed by atoms with van der Waals surface area (Å²) >= 11 is 18.8. The van der Waals surface area contributed by atoms with Gasteiger partial charge in [-0.25, -0.2) is 13.2 Å². The van der Waals surface area contributed by atoms with E-state index in [-0.39, 0.29) is 28.5 Å². The molecule has 4 rings (SSSR count). The minimum atomic E-state index is -4.98. The number of nitriles is 1. The minimum Gasteiger partial charge on any atom is -0.378 e. The van der Waals surface area contributed by atoms with Gasteiger partial charge in [0.1, 0.15) is 28.1 Å². The summed E-state index contributed by atoms with van der Waals surface area (Å²) in [6, 6.07) is 10.1. The molecular weight excluding hydrogens is 669 g/mol. The standard InChI is InChI=1S/C30H19Cl3F6N4O2/c1-2-11-43(23(44)9-10-40)27-21(35)7-8-22(26(27)36)41-14-16-12-17(4-5-19(16)31)42-28(45)25-24(29(25,32)33)15-3-6-20(34)18(13-15)30(37,38)39/h1,3-8,12-13,24-25,41H,9,11,14H2,(H,42,45)/t24-,25+/m0/s1. The number of anilines is 3. The third-order valence-electron chi connectivity index (χ3n) is 6.89. The van der Waals surface area contributed by atoms with E-state index < -0.39 is 75.8 Å². The monoisotopic (exact) mass is 686 g/mol. The van der Waals surface area contributed by atoms with Gasteiger partial charge in [0.25, 0.3) is 0 Å². The summed E-state index contributed by atoms with van der Waals surface area (Å²) in [6.07, 6.45) is -0.403. The van der Waals surface area contributed by atoms with Crippen LogP contribution in [0.25, 0.3) is 0 Å². The number of hydrogen-bond acceptors (Lipinski definition) is 4. The molecular formula is C30H19Cl3F6N4O2. The number of carbonyl (C=O) groups is 2. The first-order valence-corrected chi connectivity index (χ1v) is 13.9. The SMILES string of the molecule is C#CCN(C(=O)CC#N)c1c(F)ccc(NCc2cc(NC(=O)[C@H]3[C@H](c4ccc(F)c(C(F)(F)F)c4)C3(Cl)Cl)ccc2Cl)c1F. The third kappa shape index (κ3) is 7.09. The Labute approximate surface area is 267 Å². The van der Waals surface area contributed by atoms with Crippen LogP contribution in [0.1, 0.15) is 29.0 Å². The van der Waals surface area contributed by atoms with E-state index in [1.807, 2.05) is 0 Å². The largest absolute Gasteiger partial charge is 0.419 e. The molecule has 0 radical (unpaired) electrons. The maximum Gasteiger partial charge on any atom is 0.419 e.